The highest BCUT2D eigenvalue weighted by Gasteiger charge is 2.13. The summed E-state index contributed by atoms with van der Waals surface area (Å²) in [6.07, 6.45) is 4.13. The lowest BCUT2D eigenvalue weighted by Crippen LogP contribution is -2.12. The van der Waals surface area contributed by atoms with Crippen molar-refractivity contribution < 1.29 is 17.9 Å². The molecule has 2 N–H and O–H groups in total. The van der Waals surface area contributed by atoms with Crippen LogP contribution >= 0.6 is 0 Å². The molecule has 0 fully saturated rings. The molecule has 6 heteroatoms. The molecule has 1 unspecified atom stereocenters. The van der Waals surface area contributed by atoms with Crippen LogP contribution in [0, 0.1) is 0 Å². The average Bonchev–Trinajstić information content (AvgIpc) is 2.43. The Balaban J connectivity index is 2.52. The SMILES string of the molecule is CCCCCCC(=O)OC(C)c1ccc(S(N)(=O)=O)cc1. The van der Waals surface area contributed by atoms with Gasteiger partial charge in [0.25, 0.3) is 0 Å². The van der Waals surface area contributed by atoms with Gasteiger partial charge in [0.05, 0.1) is 4.90 Å². The number of ether oxygens (including phenoxy) is 1. The van der Waals surface area contributed by atoms with Crippen molar-refractivity contribution in [2.24, 2.45) is 5.14 Å². The van der Waals surface area contributed by atoms with Gasteiger partial charge in [0.15, 0.2) is 0 Å². The second kappa shape index (κ2) is 8.14. The molecule has 0 aliphatic carbocycles. The molecule has 0 radical (unpaired) electrons. The van der Waals surface area contributed by atoms with Gasteiger partial charge < -0.3 is 4.74 Å². The van der Waals surface area contributed by atoms with Crippen LogP contribution in [0.5, 0.6) is 0 Å². The minimum absolute atomic E-state index is 0.0457. The van der Waals surface area contributed by atoms with Gasteiger partial charge in [0.2, 0.25) is 10.0 Å². The van der Waals surface area contributed by atoms with Crippen LogP contribution in [0.4, 0.5) is 0 Å². The van der Waals surface area contributed by atoms with Crippen LogP contribution in [0.1, 0.15) is 57.6 Å². The molecule has 0 aliphatic heterocycles. The van der Waals surface area contributed by atoms with E-state index in [2.05, 4.69) is 6.92 Å². The Bertz CT molecular complexity index is 552. The van der Waals surface area contributed by atoms with Crippen molar-refractivity contribution in [3.63, 3.8) is 0 Å². The third kappa shape index (κ3) is 6.27. The first kappa shape index (κ1) is 17.7. The highest BCUT2D eigenvalue weighted by molar-refractivity contribution is 7.89. The molecule has 1 rings (SSSR count). The van der Waals surface area contributed by atoms with Gasteiger partial charge in [-0.25, -0.2) is 13.6 Å². The van der Waals surface area contributed by atoms with Gasteiger partial charge in [-0.2, -0.15) is 0 Å². The number of hydrogen-bond acceptors (Lipinski definition) is 4. The quantitative estimate of drug-likeness (QED) is 0.590. The number of esters is 1. The standard InChI is InChI=1S/C15H23NO4S/c1-3-4-5-6-7-15(17)20-12(2)13-8-10-14(11-9-13)21(16,18)19/h8-12H,3-7H2,1-2H3,(H2,16,18,19). The Morgan fingerprint density at radius 3 is 2.33 bits per heavy atom. The smallest absolute Gasteiger partial charge is 0.306 e. The second-order valence-electron chi connectivity index (χ2n) is 5.06. The van der Waals surface area contributed by atoms with E-state index in [1.54, 1.807) is 19.1 Å². The van der Waals surface area contributed by atoms with Crippen LogP contribution in [0.3, 0.4) is 0 Å². The largest absolute Gasteiger partial charge is 0.458 e. The Morgan fingerprint density at radius 2 is 1.81 bits per heavy atom. The molecule has 1 atom stereocenters. The molecule has 0 spiro atoms. The second-order valence-corrected chi connectivity index (χ2v) is 6.62. The van der Waals surface area contributed by atoms with Crippen LogP contribution in [0.25, 0.3) is 0 Å². The van der Waals surface area contributed by atoms with Crippen molar-refractivity contribution in [2.45, 2.75) is 57.0 Å². The summed E-state index contributed by atoms with van der Waals surface area (Å²) in [6.45, 7) is 3.88. The molecular weight excluding hydrogens is 290 g/mol. The molecule has 0 aliphatic rings. The molecule has 0 aromatic heterocycles. The van der Waals surface area contributed by atoms with Crippen molar-refractivity contribution in [1.29, 1.82) is 0 Å². The van der Waals surface area contributed by atoms with Crippen molar-refractivity contribution in [3.05, 3.63) is 29.8 Å². The lowest BCUT2D eigenvalue weighted by atomic mass is 10.1. The van der Waals surface area contributed by atoms with Crippen LogP contribution < -0.4 is 5.14 Å². The zero-order valence-electron chi connectivity index (χ0n) is 12.5. The normalized spacial score (nSPS) is 12.9. The number of unbranched alkanes of at least 4 members (excludes halogenated alkanes) is 3. The Labute approximate surface area is 126 Å². The van der Waals surface area contributed by atoms with Gasteiger partial charge >= 0.3 is 5.97 Å². The summed E-state index contributed by atoms with van der Waals surface area (Å²) in [4.78, 5) is 11.7. The number of carbonyl (C=O) groups is 1. The number of benzene rings is 1. The minimum atomic E-state index is -3.69. The fraction of sp³-hybridized carbons (Fsp3) is 0.533. The number of carbonyl (C=O) groups excluding carboxylic acids is 1. The number of hydrogen-bond donors (Lipinski definition) is 1. The van der Waals surface area contributed by atoms with Crippen molar-refractivity contribution in [3.8, 4) is 0 Å². The first-order valence-corrected chi connectivity index (χ1v) is 8.71. The third-order valence-corrected chi connectivity index (χ3v) is 4.15. The van der Waals surface area contributed by atoms with E-state index in [9.17, 15) is 13.2 Å². The predicted octanol–water partition coefficient (Wildman–Crippen LogP) is 2.91. The molecule has 0 heterocycles. The summed E-state index contributed by atoms with van der Waals surface area (Å²) < 4.78 is 27.6. The maximum atomic E-state index is 11.7. The van der Waals surface area contributed by atoms with Crippen LogP contribution in [0.15, 0.2) is 29.2 Å². The van der Waals surface area contributed by atoms with Gasteiger partial charge in [-0.05, 0) is 31.0 Å². The number of rotatable bonds is 8. The van der Waals surface area contributed by atoms with Crippen LogP contribution in [-0.4, -0.2) is 14.4 Å². The first-order chi connectivity index (χ1) is 9.84. The van der Waals surface area contributed by atoms with Crippen molar-refractivity contribution in [1.82, 2.24) is 0 Å². The summed E-state index contributed by atoms with van der Waals surface area (Å²) in [5, 5.41) is 5.03. The monoisotopic (exact) mass is 313 g/mol. The van der Waals surface area contributed by atoms with Crippen LogP contribution in [-0.2, 0) is 19.6 Å². The van der Waals surface area contributed by atoms with Gasteiger partial charge in [-0.1, -0.05) is 38.3 Å². The van der Waals surface area contributed by atoms with Gasteiger partial charge in [-0.3, -0.25) is 4.79 Å². The minimum Gasteiger partial charge on any atom is -0.458 e. The molecule has 0 saturated carbocycles. The molecule has 5 nitrogen and oxygen atoms in total. The fourth-order valence-electron chi connectivity index (χ4n) is 1.95. The first-order valence-electron chi connectivity index (χ1n) is 7.17. The maximum absolute atomic E-state index is 11.7. The van der Waals surface area contributed by atoms with E-state index < -0.39 is 16.1 Å². The van der Waals surface area contributed by atoms with E-state index in [-0.39, 0.29) is 10.9 Å². The van der Waals surface area contributed by atoms with Gasteiger partial charge in [0.1, 0.15) is 6.10 Å². The van der Waals surface area contributed by atoms with Crippen molar-refractivity contribution in [2.75, 3.05) is 0 Å². The Kier molecular flexibility index (Phi) is 6.84. The van der Waals surface area contributed by atoms with Gasteiger partial charge in [-0.15, -0.1) is 0 Å². The van der Waals surface area contributed by atoms with E-state index >= 15 is 0 Å². The van der Waals surface area contributed by atoms with Crippen LogP contribution in [0.2, 0.25) is 0 Å². The third-order valence-electron chi connectivity index (χ3n) is 3.22. The molecule has 1 aromatic rings. The van der Waals surface area contributed by atoms with E-state index in [1.807, 2.05) is 0 Å². The summed E-state index contributed by atoms with van der Waals surface area (Å²) >= 11 is 0. The number of nitrogens with two attached hydrogens (primary N) is 1. The summed E-state index contributed by atoms with van der Waals surface area (Å²) in [6, 6.07) is 6.04. The molecular formula is C15H23NO4S. The summed E-state index contributed by atoms with van der Waals surface area (Å²) in [5.41, 5.74) is 0.740. The summed E-state index contributed by atoms with van der Waals surface area (Å²) in [7, 11) is -3.69. The number of sulfonamides is 1. The van der Waals surface area contributed by atoms with Gasteiger partial charge in [0, 0.05) is 6.42 Å². The molecule has 118 valence electrons. The van der Waals surface area contributed by atoms with E-state index in [0.717, 1.165) is 31.2 Å². The lowest BCUT2D eigenvalue weighted by molar-refractivity contribution is -0.148. The molecule has 1 aromatic carbocycles. The Hall–Kier alpha value is -1.40. The zero-order chi connectivity index (χ0) is 15.9. The highest BCUT2D eigenvalue weighted by Crippen LogP contribution is 2.19. The topological polar surface area (TPSA) is 86.5 Å². The molecule has 21 heavy (non-hydrogen) atoms. The predicted molar refractivity (Wildman–Crippen MR) is 81.1 cm³/mol. The lowest BCUT2D eigenvalue weighted by Gasteiger charge is -2.14. The fourth-order valence-corrected chi connectivity index (χ4v) is 2.46. The molecule has 0 amide bonds. The number of primary sulfonamides is 1. The molecule has 0 bridgehead atoms. The van der Waals surface area contributed by atoms with E-state index in [0.29, 0.717) is 6.42 Å². The van der Waals surface area contributed by atoms with E-state index in [1.165, 1.54) is 12.1 Å². The maximum Gasteiger partial charge on any atom is 0.306 e. The summed E-state index contributed by atoms with van der Waals surface area (Å²) in [5.74, 6) is -0.228. The molecule has 0 saturated heterocycles. The Morgan fingerprint density at radius 1 is 1.19 bits per heavy atom. The van der Waals surface area contributed by atoms with E-state index in [4.69, 9.17) is 9.88 Å². The highest BCUT2D eigenvalue weighted by atomic mass is 32.2. The van der Waals surface area contributed by atoms with Crippen molar-refractivity contribution >= 4 is 16.0 Å². The average molecular weight is 313 g/mol. The zero-order valence-corrected chi connectivity index (χ0v) is 13.4.